The van der Waals surface area contributed by atoms with Gasteiger partial charge in [-0.05, 0) is 25.0 Å². The molecule has 1 saturated heterocycles. The van der Waals surface area contributed by atoms with Crippen molar-refractivity contribution in [1.29, 1.82) is 0 Å². The molecular weight excluding hydrogens is 272 g/mol. The molecule has 21 heavy (non-hydrogen) atoms. The second kappa shape index (κ2) is 6.58. The molecule has 0 radical (unpaired) electrons. The number of benzene rings is 1. The van der Waals surface area contributed by atoms with Gasteiger partial charge in [-0.15, -0.1) is 0 Å². The Balaban J connectivity index is 2.09. The van der Waals surface area contributed by atoms with Crippen LogP contribution in [0, 0.1) is 12.8 Å². The van der Waals surface area contributed by atoms with Crippen LogP contribution in [0.3, 0.4) is 0 Å². The number of hydrogen-bond donors (Lipinski definition) is 2. The van der Waals surface area contributed by atoms with Crippen molar-refractivity contribution in [1.82, 2.24) is 4.90 Å². The van der Waals surface area contributed by atoms with E-state index in [0.29, 0.717) is 31.3 Å². The summed E-state index contributed by atoms with van der Waals surface area (Å²) in [6, 6.07) is 4.67. The van der Waals surface area contributed by atoms with Crippen molar-refractivity contribution in [2.75, 3.05) is 32.1 Å². The monoisotopic (exact) mass is 292 g/mol. The van der Waals surface area contributed by atoms with Gasteiger partial charge in [0.25, 0.3) is 0 Å². The molecule has 114 valence electrons. The maximum Gasteiger partial charge on any atom is 0.337 e. The summed E-state index contributed by atoms with van der Waals surface area (Å²) >= 11 is 0. The van der Waals surface area contributed by atoms with Crippen LogP contribution in [0.25, 0.3) is 0 Å². The lowest BCUT2D eigenvalue weighted by molar-refractivity contribution is 0.0698. The SMILES string of the molecule is COCC1CCN(C(=O)Nc2c(C)cccc2C(=O)O)C1. The van der Waals surface area contributed by atoms with Crippen molar-refractivity contribution in [3.63, 3.8) is 0 Å². The number of carbonyl (C=O) groups is 2. The Morgan fingerprint density at radius 3 is 2.90 bits per heavy atom. The summed E-state index contributed by atoms with van der Waals surface area (Å²) in [5, 5.41) is 11.9. The Bertz CT molecular complexity index is 544. The van der Waals surface area contributed by atoms with Crippen LogP contribution in [-0.4, -0.2) is 48.8 Å². The zero-order chi connectivity index (χ0) is 15.4. The molecular formula is C15H20N2O4. The summed E-state index contributed by atoms with van der Waals surface area (Å²) in [7, 11) is 1.65. The van der Waals surface area contributed by atoms with Gasteiger partial charge in [0.1, 0.15) is 0 Å². The van der Waals surface area contributed by atoms with Gasteiger partial charge in [0.2, 0.25) is 0 Å². The van der Waals surface area contributed by atoms with Crippen LogP contribution in [0.15, 0.2) is 18.2 Å². The maximum absolute atomic E-state index is 12.3. The fraction of sp³-hybridized carbons (Fsp3) is 0.467. The lowest BCUT2D eigenvalue weighted by atomic mass is 10.1. The van der Waals surface area contributed by atoms with Crippen LogP contribution in [0.4, 0.5) is 10.5 Å². The molecule has 0 aromatic heterocycles. The highest BCUT2D eigenvalue weighted by atomic mass is 16.5. The molecule has 0 aliphatic carbocycles. The molecule has 1 fully saturated rings. The second-order valence-electron chi connectivity index (χ2n) is 5.29. The van der Waals surface area contributed by atoms with Crippen LogP contribution in [0.5, 0.6) is 0 Å². The first kappa shape index (κ1) is 15.3. The number of urea groups is 1. The van der Waals surface area contributed by atoms with Gasteiger partial charge in [0.05, 0.1) is 17.9 Å². The fourth-order valence-corrected chi connectivity index (χ4v) is 2.59. The van der Waals surface area contributed by atoms with Crippen LogP contribution >= 0.6 is 0 Å². The highest BCUT2D eigenvalue weighted by Gasteiger charge is 2.27. The lowest BCUT2D eigenvalue weighted by Crippen LogP contribution is -2.34. The van der Waals surface area contributed by atoms with Crippen molar-refractivity contribution < 1.29 is 19.4 Å². The van der Waals surface area contributed by atoms with Crippen molar-refractivity contribution in [2.24, 2.45) is 5.92 Å². The van der Waals surface area contributed by atoms with Gasteiger partial charge in [-0.3, -0.25) is 0 Å². The molecule has 1 aromatic rings. The summed E-state index contributed by atoms with van der Waals surface area (Å²) in [6.45, 7) is 3.70. The number of hydrogen-bond acceptors (Lipinski definition) is 3. The van der Waals surface area contributed by atoms with Gasteiger partial charge < -0.3 is 20.1 Å². The Morgan fingerprint density at radius 2 is 2.24 bits per heavy atom. The topological polar surface area (TPSA) is 78.9 Å². The Labute approximate surface area is 123 Å². The van der Waals surface area contributed by atoms with E-state index in [1.54, 1.807) is 31.1 Å². The summed E-state index contributed by atoms with van der Waals surface area (Å²) in [6.07, 6.45) is 0.904. The summed E-state index contributed by atoms with van der Waals surface area (Å²) < 4.78 is 5.11. The van der Waals surface area contributed by atoms with Gasteiger partial charge >= 0.3 is 12.0 Å². The van der Waals surface area contributed by atoms with Crippen LogP contribution in [0.1, 0.15) is 22.3 Å². The first-order valence-corrected chi connectivity index (χ1v) is 6.90. The predicted octanol–water partition coefficient (Wildman–Crippen LogP) is 2.19. The van der Waals surface area contributed by atoms with Crippen molar-refractivity contribution in [3.05, 3.63) is 29.3 Å². The molecule has 1 unspecified atom stereocenters. The quantitative estimate of drug-likeness (QED) is 0.891. The number of anilines is 1. The van der Waals surface area contributed by atoms with Crippen LogP contribution < -0.4 is 5.32 Å². The van der Waals surface area contributed by atoms with E-state index in [1.807, 2.05) is 0 Å². The normalized spacial score (nSPS) is 17.8. The molecule has 6 heteroatoms. The molecule has 0 spiro atoms. The van der Waals surface area contributed by atoms with Gasteiger partial charge in [-0.25, -0.2) is 9.59 Å². The summed E-state index contributed by atoms with van der Waals surface area (Å²) in [4.78, 5) is 25.2. The standard InChI is InChI=1S/C15H20N2O4/c1-10-4-3-5-12(14(18)19)13(10)16-15(20)17-7-6-11(8-17)9-21-2/h3-5,11H,6-9H2,1-2H3,(H,16,20)(H,18,19). The Hall–Kier alpha value is -2.08. The highest BCUT2D eigenvalue weighted by molar-refractivity contribution is 6.01. The average Bonchev–Trinajstić information content (AvgIpc) is 2.90. The van der Waals surface area contributed by atoms with E-state index >= 15 is 0 Å². The molecule has 1 atom stereocenters. The number of aromatic carboxylic acids is 1. The third kappa shape index (κ3) is 3.52. The zero-order valence-electron chi connectivity index (χ0n) is 12.3. The third-order valence-electron chi connectivity index (χ3n) is 3.71. The van der Waals surface area contributed by atoms with Gasteiger partial charge in [-0.1, -0.05) is 12.1 Å². The average molecular weight is 292 g/mol. The van der Waals surface area contributed by atoms with Crippen molar-refractivity contribution in [3.8, 4) is 0 Å². The predicted molar refractivity (Wildman–Crippen MR) is 78.7 cm³/mol. The molecule has 1 aliphatic heterocycles. The van der Waals surface area contributed by atoms with E-state index in [0.717, 1.165) is 12.0 Å². The minimum atomic E-state index is -1.05. The van der Waals surface area contributed by atoms with E-state index in [-0.39, 0.29) is 11.6 Å². The lowest BCUT2D eigenvalue weighted by Gasteiger charge is -2.19. The van der Waals surface area contributed by atoms with Crippen LogP contribution in [-0.2, 0) is 4.74 Å². The maximum atomic E-state index is 12.3. The number of ether oxygens (including phenoxy) is 1. The van der Waals surface area contributed by atoms with E-state index in [1.165, 1.54) is 6.07 Å². The summed E-state index contributed by atoms with van der Waals surface area (Å²) in [5.74, 6) is -0.704. The minimum Gasteiger partial charge on any atom is -0.478 e. The number of para-hydroxylation sites is 1. The minimum absolute atomic E-state index is 0.107. The fourth-order valence-electron chi connectivity index (χ4n) is 2.59. The van der Waals surface area contributed by atoms with Gasteiger partial charge in [0, 0.05) is 26.1 Å². The number of likely N-dealkylation sites (tertiary alicyclic amines) is 1. The molecule has 2 amide bonds. The zero-order valence-corrected chi connectivity index (χ0v) is 12.3. The second-order valence-corrected chi connectivity index (χ2v) is 5.29. The molecule has 0 bridgehead atoms. The molecule has 0 saturated carbocycles. The Kier molecular flexibility index (Phi) is 4.80. The van der Waals surface area contributed by atoms with Crippen molar-refractivity contribution in [2.45, 2.75) is 13.3 Å². The largest absolute Gasteiger partial charge is 0.478 e. The van der Waals surface area contributed by atoms with Crippen LogP contribution in [0.2, 0.25) is 0 Å². The molecule has 1 aromatic carbocycles. The van der Waals surface area contributed by atoms with E-state index < -0.39 is 5.97 Å². The number of rotatable bonds is 4. The first-order valence-electron chi connectivity index (χ1n) is 6.90. The number of carboxylic acids is 1. The number of carbonyl (C=O) groups excluding carboxylic acids is 1. The summed E-state index contributed by atoms with van der Waals surface area (Å²) in [5.41, 5.74) is 1.21. The number of nitrogens with zero attached hydrogens (tertiary/aromatic N) is 1. The molecule has 2 N–H and O–H groups in total. The Morgan fingerprint density at radius 1 is 1.48 bits per heavy atom. The number of nitrogens with one attached hydrogen (secondary N) is 1. The van der Waals surface area contributed by atoms with E-state index in [4.69, 9.17) is 4.74 Å². The number of methoxy groups -OCH3 is 1. The first-order chi connectivity index (χ1) is 10.0. The van der Waals surface area contributed by atoms with E-state index in [9.17, 15) is 14.7 Å². The molecule has 1 heterocycles. The molecule has 1 aliphatic rings. The molecule has 6 nitrogen and oxygen atoms in total. The highest BCUT2D eigenvalue weighted by Crippen LogP contribution is 2.23. The molecule has 2 rings (SSSR count). The van der Waals surface area contributed by atoms with Crippen molar-refractivity contribution >= 4 is 17.7 Å². The smallest absolute Gasteiger partial charge is 0.337 e. The number of aryl methyl sites for hydroxylation is 1. The number of amides is 2. The van der Waals surface area contributed by atoms with Gasteiger partial charge in [-0.2, -0.15) is 0 Å². The number of carboxylic acid groups (broad SMARTS) is 1. The van der Waals surface area contributed by atoms with E-state index in [2.05, 4.69) is 5.32 Å². The van der Waals surface area contributed by atoms with Gasteiger partial charge in [0.15, 0.2) is 0 Å². The third-order valence-corrected chi connectivity index (χ3v) is 3.71.